The first-order valence-electron chi connectivity index (χ1n) is 15.3. The van der Waals surface area contributed by atoms with Crippen LogP contribution in [0.3, 0.4) is 0 Å². The van der Waals surface area contributed by atoms with Gasteiger partial charge in [0.25, 0.3) is 0 Å². The number of nitrogens with zero attached hydrogens (tertiary/aromatic N) is 2. The Hall–Kier alpha value is -4.16. The Morgan fingerprint density at radius 3 is 1.70 bits per heavy atom. The highest BCUT2D eigenvalue weighted by molar-refractivity contribution is 6.30. The molecule has 2 atom stereocenters. The number of imidazole rings is 2. The minimum atomic E-state index is -0.466. The molecule has 2 aromatic heterocycles. The van der Waals surface area contributed by atoms with Crippen LogP contribution < -0.4 is 5.32 Å². The fraction of sp³-hybridized carbons (Fsp3) is 0.324. The van der Waals surface area contributed by atoms with Crippen molar-refractivity contribution >= 4 is 17.5 Å². The lowest BCUT2D eigenvalue weighted by Gasteiger charge is -2.25. The summed E-state index contributed by atoms with van der Waals surface area (Å²) in [5.41, 5.74) is 6.99. The Morgan fingerprint density at radius 1 is 0.727 bits per heavy atom. The summed E-state index contributed by atoms with van der Waals surface area (Å²) in [4.78, 5) is 29.0. The number of rotatable bonds is 9. The van der Waals surface area contributed by atoms with Gasteiger partial charge in [0.05, 0.1) is 29.8 Å². The lowest BCUT2D eigenvalue weighted by atomic mass is 9.88. The van der Waals surface area contributed by atoms with E-state index in [-0.39, 0.29) is 23.8 Å². The number of hydrogen-bond acceptors (Lipinski definition) is 3. The smallest absolute Gasteiger partial charge is 0.225 e. The monoisotopic (exact) mass is 607 g/mol. The SMILES string of the molecule is CC(C)C(c1cccc(Cl)c1)c1ncc(-c2ccc(-c3ccc(-c4cnc([C@@H](NC(=O)C(C)(C)C)C(C)C)[nH]4)cc3)cc2)[nH]1. The van der Waals surface area contributed by atoms with E-state index in [1.54, 1.807) is 0 Å². The Morgan fingerprint density at radius 2 is 1.23 bits per heavy atom. The number of benzene rings is 3. The number of H-pyrrole nitrogens is 2. The highest BCUT2D eigenvalue weighted by Gasteiger charge is 2.28. The van der Waals surface area contributed by atoms with Crippen molar-refractivity contribution in [3.63, 3.8) is 0 Å². The molecule has 0 spiro atoms. The maximum atomic E-state index is 12.7. The van der Waals surface area contributed by atoms with Gasteiger partial charge in [-0.1, -0.05) is 121 Å². The number of nitrogens with one attached hydrogen (secondary N) is 3. The van der Waals surface area contributed by atoms with Crippen molar-refractivity contribution in [2.24, 2.45) is 17.3 Å². The van der Waals surface area contributed by atoms with Gasteiger partial charge < -0.3 is 15.3 Å². The Labute approximate surface area is 265 Å². The van der Waals surface area contributed by atoms with Gasteiger partial charge in [-0.05, 0) is 51.8 Å². The molecule has 7 heteroatoms. The van der Waals surface area contributed by atoms with Crippen LogP contribution in [-0.2, 0) is 4.79 Å². The molecule has 0 radical (unpaired) electrons. The number of aromatic amines is 2. The summed E-state index contributed by atoms with van der Waals surface area (Å²) in [7, 11) is 0. The summed E-state index contributed by atoms with van der Waals surface area (Å²) in [6.07, 6.45) is 3.75. The van der Waals surface area contributed by atoms with Gasteiger partial charge >= 0.3 is 0 Å². The Kier molecular flexibility index (Phi) is 9.12. The average Bonchev–Trinajstić information content (AvgIpc) is 3.66. The molecule has 3 aromatic carbocycles. The zero-order valence-corrected chi connectivity index (χ0v) is 27.3. The second-order valence-corrected chi connectivity index (χ2v) is 13.7. The molecule has 0 bridgehead atoms. The van der Waals surface area contributed by atoms with Crippen LogP contribution in [-0.4, -0.2) is 25.8 Å². The molecule has 6 nitrogen and oxygen atoms in total. The standard InChI is InChI=1S/C37H42ClN5O/c1-22(2)32(28-9-8-10-29(38)19-28)34-39-20-30(41-34)26-15-11-24(12-16-26)25-13-17-27(18-14-25)31-21-40-35(42-31)33(23(3)4)43-36(44)37(5,6)7/h8-23,32-33H,1-7H3,(H,39,41)(H,40,42)(H,43,44)/t32?,33-/m0/s1. The van der Waals surface area contributed by atoms with Gasteiger partial charge in [-0.25, -0.2) is 9.97 Å². The molecule has 5 aromatic rings. The van der Waals surface area contributed by atoms with E-state index < -0.39 is 5.41 Å². The van der Waals surface area contributed by atoms with E-state index in [1.807, 2.05) is 51.4 Å². The number of amides is 1. The van der Waals surface area contributed by atoms with Crippen molar-refractivity contribution in [3.05, 3.63) is 107 Å². The molecule has 0 aliphatic carbocycles. The highest BCUT2D eigenvalue weighted by Crippen LogP contribution is 2.33. The summed E-state index contributed by atoms with van der Waals surface area (Å²) < 4.78 is 0. The molecule has 0 fully saturated rings. The molecule has 0 saturated heterocycles. The van der Waals surface area contributed by atoms with Crippen LogP contribution >= 0.6 is 11.6 Å². The van der Waals surface area contributed by atoms with E-state index in [4.69, 9.17) is 16.6 Å². The fourth-order valence-corrected chi connectivity index (χ4v) is 5.63. The van der Waals surface area contributed by atoms with Gasteiger partial charge in [0.15, 0.2) is 0 Å². The molecule has 0 aliphatic rings. The third-order valence-electron chi connectivity index (χ3n) is 8.01. The minimum Gasteiger partial charge on any atom is -0.345 e. The largest absolute Gasteiger partial charge is 0.345 e. The molecule has 3 N–H and O–H groups in total. The van der Waals surface area contributed by atoms with Gasteiger partial charge in [-0.3, -0.25) is 4.79 Å². The lowest BCUT2D eigenvalue weighted by molar-refractivity contribution is -0.129. The van der Waals surface area contributed by atoms with Gasteiger partial charge in [-0.2, -0.15) is 0 Å². The zero-order chi connectivity index (χ0) is 31.6. The first-order valence-corrected chi connectivity index (χ1v) is 15.7. The van der Waals surface area contributed by atoms with Crippen molar-refractivity contribution in [1.82, 2.24) is 25.3 Å². The zero-order valence-electron chi connectivity index (χ0n) is 26.6. The lowest BCUT2D eigenvalue weighted by Crippen LogP contribution is -2.39. The van der Waals surface area contributed by atoms with Crippen LogP contribution in [0.25, 0.3) is 33.6 Å². The molecule has 44 heavy (non-hydrogen) atoms. The Balaban J connectivity index is 1.30. The van der Waals surface area contributed by atoms with Gasteiger partial charge in [0, 0.05) is 16.4 Å². The predicted molar refractivity (Wildman–Crippen MR) is 180 cm³/mol. The summed E-state index contributed by atoms with van der Waals surface area (Å²) in [6, 6.07) is 24.8. The number of carbonyl (C=O) groups excluding carboxylic acids is 1. The number of aromatic nitrogens is 4. The minimum absolute atomic E-state index is 0.00906. The van der Waals surface area contributed by atoms with E-state index in [9.17, 15) is 4.79 Å². The summed E-state index contributed by atoms with van der Waals surface area (Å²) in [6.45, 7) is 14.3. The van der Waals surface area contributed by atoms with E-state index in [0.717, 1.165) is 55.9 Å². The summed E-state index contributed by atoms with van der Waals surface area (Å²) in [5, 5.41) is 3.90. The van der Waals surface area contributed by atoms with Gasteiger partial charge in [0.1, 0.15) is 11.6 Å². The molecule has 228 valence electrons. The van der Waals surface area contributed by atoms with Gasteiger partial charge in [-0.15, -0.1) is 0 Å². The number of hydrogen-bond donors (Lipinski definition) is 3. The van der Waals surface area contributed by atoms with E-state index >= 15 is 0 Å². The van der Waals surface area contributed by atoms with Crippen molar-refractivity contribution in [3.8, 4) is 33.6 Å². The first kappa shape index (κ1) is 31.3. The van der Waals surface area contributed by atoms with Crippen LogP contribution in [0.1, 0.15) is 77.6 Å². The van der Waals surface area contributed by atoms with Crippen molar-refractivity contribution in [1.29, 1.82) is 0 Å². The molecule has 0 saturated carbocycles. The Bertz CT molecular complexity index is 1710. The molecule has 1 unspecified atom stereocenters. The van der Waals surface area contributed by atoms with Crippen LogP contribution in [0.4, 0.5) is 0 Å². The molecule has 0 aliphatic heterocycles. The van der Waals surface area contributed by atoms with E-state index in [1.165, 1.54) is 0 Å². The fourth-order valence-electron chi connectivity index (χ4n) is 5.43. The second-order valence-electron chi connectivity index (χ2n) is 13.2. The molecule has 1 amide bonds. The molecular formula is C37H42ClN5O. The predicted octanol–water partition coefficient (Wildman–Crippen LogP) is 9.43. The van der Waals surface area contributed by atoms with Crippen molar-refractivity contribution < 1.29 is 4.79 Å². The second kappa shape index (κ2) is 12.8. The summed E-state index contributed by atoms with van der Waals surface area (Å²) >= 11 is 6.29. The third kappa shape index (κ3) is 6.97. The van der Waals surface area contributed by atoms with Crippen LogP contribution in [0, 0.1) is 17.3 Å². The molecule has 2 heterocycles. The van der Waals surface area contributed by atoms with Crippen LogP contribution in [0.5, 0.6) is 0 Å². The molecular weight excluding hydrogens is 566 g/mol. The number of halogens is 1. The first-order chi connectivity index (χ1) is 20.9. The number of carbonyl (C=O) groups is 1. The third-order valence-corrected chi connectivity index (χ3v) is 8.25. The highest BCUT2D eigenvalue weighted by atomic mass is 35.5. The normalized spacial score (nSPS) is 13.3. The van der Waals surface area contributed by atoms with Crippen molar-refractivity contribution in [2.75, 3.05) is 0 Å². The van der Waals surface area contributed by atoms with Crippen molar-refractivity contribution in [2.45, 2.75) is 60.4 Å². The quantitative estimate of drug-likeness (QED) is 0.156. The van der Waals surface area contributed by atoms with E-state index in [2.05, 4.69) is 103 Å². The average molecular weight is 608 g/mol. The van der Waals surface area contributed by atoms with Crippen LogP contribution in [0.15, 0.2) is 85.2 Å². The van der Waals surface area contributed by atoms with Crippen LogP contribution in [0.2, 0.25) is 5.02 Å². The van der Waals surface area contributed by atoms with Gasteiger partial charge in [0.2, 0.25) is 5.91 Å². The molecule has 5 rings (SSSR count). The topological polar surface area (TPSA) is 86.5 Å². The summed E-state index contributed by atoms with van der Waals surface area (Å²) in [5.74, 6) is 2.40. The van der Waals surface area contributed by atoms with E-state index in [0.29, 0.717) is 5.92 Å². The maximum absolute atomic E-state index is 12.7. The maximum Gasteiger partial charge on any atom is 0.225 e.